The molecule has 5 rings (SSSR count). The van der Waals surface area contributed by atoms with Gasteiger partial charge in [-0.3, -0.25) is 0 Å². The van der Waals surface area contributed by atoms with Gasteiger partial charge in [0.1, 0.15) is 7.05 Å². The first kappa shape index (κ1) is 27.9. The number of rotatable bonds is 3. The van der Waals surface area contributed by atoms with E-state index in [9.17, 15) is 0 Å². The molecule has 194 valence electrons. The Morgan fingerprint density at radius 1 is 0.838 bits per heavy atom. The van der Waals surface area contributed by atoms with E-state index in [0.29, 0.717) is 0 Å². The van der Waals surface area contributed by atoms with E-state index < -0.39 is 0 Å². The molecule has 0 N–H and O–H groups in total. The smallest absolute Gasteiger partial charge is 0.209 e. The quantitative estimate of drug-likeness (QED) is 0.320. The van der Waals surface area contributed by atoms with E-state index in [2.05, 4.69) is 124 Å². The molecule has 0 saturated heterocycles. The molecule has 2 aromatic rings. The van der Waals surface area contributed by atoms with Gasteiger partial charge in [-0.25, -0.2) is 0 Å². The fourth-order valence-corrected chi connectivity index (χ4v) is 6.65. The highest BCUT2D eigenvalue weighted by molar-refractivity contribution is 6.32. The summed E-state index contributed by atoms with van der Waals surface area (Å²) in [5.41, 5.74) is 10.4. The molecule has 1 aliphatic carbocycles. The first-order chi connectivity index (χ1) is 17.1. The van der Waals surface area contributed by atoms with Crippen LogP contribution in [-0.2, 0) is 10.8 Å². The highest BCUT2D eigenvalue weighted by Crippen LogP contribution is 2.47. The van der Waals surface area contributed by atoms with E-state index in [4.69, 9.17) is 11.6 Å². The summed E-state index contributed by atoms with van der Waals surface area (Å²) in [5.74, 6) is 0. The van der Waals surface area contributed by atoms with Crippen molar-refractivity contribution in [2.24, 2.45) is 0 Å². The Morgan fingerprint density at radius 3 is 2.19 bits per heavy atom. The average Bonchev–Trinajstić information content (AvgIpc) is 3.07. The summed E-state index contributed by atoms with van der Waals surface area (Å²) in [6.45, 7) is 9.25. The van der Waals surface area contributed by atoms with Crippen molar-refractivity contribution in [3.8, 4) is 0 Å². The van der Waals surface area contributed by atoms with Gasteiger partial charge in [0.15, 0.2) is 5.71 Å². The summed E-state index contributed by atoms with van der Waals surface area (Å²) in [4.78, 5) is 2.33. The number of allylic oxidation sites excluding steroid dienone is 8. The van der Waals surface area contributed by atoms with Crippen molar-refractivity contribution in [2.75, 3.05) is 19.0 Å². The fraction of sp³-hybridized carbons (Fsp3) is 0.364. The molecule has 2 aromatic carbocycles. The molecule has 2 nitrogen and oxygen atoms in total. The molecule has 37 heavy (non-hydrogen) atoms. The van der Waals surface area contributed by atoms with Gasteiger partial charge in [0.25, 0.3) is 0 Å². The second-order valence-electron chi connectivity index (χ2n) is 11.4. The van der Waals surface area contributed by atoms with Gasteiger partial charge in [-0.15, -0.1) is 0 Å². The summed E-state index contributed by atoms with van der Waals surface area (Å²) >= 11 is 7.11. The third-order valence-corrected chi connectivity index (χ3v) is 8.96. The number of benzene rings is 2. The van der Waals surface area contributed by atoms with Gasteiger partial charge in [-0.05, 0) is 68.4 Å². The van der Waals surface area contributed by atoms with Crippen molar-refractivity contribution in [2.45, 2.75) is 64.2 Å². The molecule has 4 heteroatoms. The molecular weight excluding hydrogens is 587 g/mol. The van der Waals surface area contributed by atoms with E-state index in [0.717, 1.165) is 30.7 Å². The lowest BCUT2D eigenvalue weighted by molar-refractivity contribution is -0.401. The SMILES string of the molecule is CN1/C(=C/C=C2\CCCCC(/C=C/C3=[N+](C)c4ccccc4C3(C)C)=C2Cl)C(C)(C)c2ccccc21.[I-]. The van der Waals surface area contributed by atoms with Crippen LogP contribution < -0.4 is 28.9 Å². The van der Waals surface area contributed by atoms with Crippen molar-refractivity contribution >= 4 is 28.7 Å². The van der Waals surface area contributed by atoms with Gasteiger partial charge in [0, 0.05) is 46.6 Å². The van der Waals surface area contributed by atoms with Crippen LogP contribution in [0.1, 0.15) is 64.5 Å². The van der Waals surface area contributed by atoms with E-state index in [1.54, 1.807) is 0 Å². The molecule has 0 fully saturated rings. The Balaban J connectivity index is 0.00000320. The lowest BCUT2D eigenvalue weighted by atomic mass is 9.81. The second kappa shape index (κ2) is 10.6. The fourth-order valence-electron chi connectivity index (χ4n) is 6.33. The number of fused-ring (bicyclic) bond motifs is 2. The van der Waals surface area contributed by atoms with Crippen LogP contribution in [0.4, 0.5) is 11.4 Å². The Kier molecular flexibility index (Phi) is 7.97. The zero-order chi connectivity index (χ0) is 25.7. The maximum absolute atomic E-state index is 7.11. The van der Waals surface area contributed by atoms with Gasteiger partial charge < -0.3 is 28.9 Å². The zero-order valence-electron chi connectivity index (χ0n) is 22.9. The van der Waals surface area contributed by atoms with E-state index in [1.807, 2.05) is 0 Å². The van der Waals surface area contributed by atoms with Crippen LogP contribution in [-0.4, -0.2) is 24.4 Å². The van der Waals surface area contributed by atoms with Gasteiger partial charge >= 0.3 is 0 Å². The van der Waals surface area contributed by atoms with Gasteiger partial charge in [0.05, 0.1) is 5.41 Å². The maximum Gasteiger partial charge on any atom is 0.209 e. The summed E-state index contributed by atoms with van der Waals surface area (Å²) in [6, 6.07) is 17.4. The van der Waals surface area contributed by atoms with Crippen LogP contribution in [0.15, 0.2) is 94.7 Å². The molecule has 0 bridgehead atoms. The minimum atomic E-state index is -0.0314. The van der Waals surface area contributed by atoms with Gasteiger partial charge in [-0.1, -0.05) is 74.0 Å². The Labute approximate surface area is 245 Å². The number of likely N-dealkylation sites (N-methyl/N-ethyl adjacent to an activating group) is 1. The predicted octanol–water partition coefficient (Wildman–Crippen LogP) is 5.56. The van der Waals surface area contributed by atoms with Crippen molar-refractivity contribution in [3.05, 3.63) is 106 Å². The number of hydrogen-bond acceptors (Lipinski definition) is 1. The standard InChI is InChI=1S/C33H38ClN2.HI/c1-32(2)25-15-9-11-17-27(25)35(5)29(32)21-19-23-13-7-8-14-24(31(23)34)20-22-30-33(3,4)26-16-10-12-18-28(26)36(30)6;/h9-12,15-22H,7-8,13-14H2,1-6H3;1H/q+1;/p-1. The van der Waals surface area contributed by atoms with Crippen LogP contribution in [0.5, 0.6) is 0 Å². The van der Waals surface area contributed by atoms with Crippen LogP contribution in [0.2, 0.25) is 0 Å². The van der Waals surface area contributed by atoms with Crippen molar-refractivity contribution in [1.29, 1.82) is 0 Å². The van der Waals surface area contributed by atoms with Crippen molar-refractivity contribution in [1.82, 2.24) is 0 Å². The Hall–Kier alpha value is -2.11. The van der Waals surface area contributed by atoms with Crippen molar-refractivity contribution in [3.63, 3.8) is 0 Å². The van der Waals surface area contributed by atoms with Gasteiger partial charge in [0.2, 0.25) is 5.69 Å². The Morgan fingerprint density at radius 2 is 1.49 bits per heavy atom. The van der Waals surface area contributed by atoms with Gasteiger partial charge in [-0.2, -0.15) is 4.58 Å². The molecule has 2 aliphatic heterocycles. The molecule has 0 unspecified atom stereocenters. The van der Waals surface area contributed by atoms with Crippen LogP contribution in [0, 0.1) is 0 Å². The van der Waals surface area contributed by atoms with Crippen molar-refractivity contribution < 1.29 is 28.6 Å². The third-order valence-electron chi connectivity index (χ3n) is 8.47. The summed E-state index contributed by atoms with van der Waals surface area (Å²) < 4.78 is 2.33. The number of anilines is 1. The minimum absolute atomic E-state index is 0. The first-order valence-corrected chi connectivity index (χ1v) is 13.5. The number of halogens is 2. The zero-order valence-corrected chi connectivity index (χ0v) is 25.8. The minimum Gasteiger partial charge on any atom is -1.00 e. The largest absolute Gasteiger partial charge is 1.00 e. The molecular formula is C33H38ClIN2. The van der Waals surface area contributed by atoms with E-state index in [-0.39, 0.29) is 34.8 Å². The maximum atomic E-state index is 7.11. The lowest BCUT2D eigenvalue weighted by Gasteiger charge is -2.24. The van der Waals surface area contributed by atoms with E-state index >= 15 is 0 Å². The molecule has 0 amide bonds. The Bertz CT molecular complexity index is 1370. The first-order valence-electron chi connectivity index (χ1n) is 13.2. The highest BCUT2D eigenvalue weighted by atomic mass is 127. The topological polar surface area (TPSA) is 6.25 Å². The molecule has 0 saturated carbocycles. The second-order valence-corrected chi connectivity index (χ2v) is 11.8. The molecule has 2 heterocycles. The van der Waals surface area contributed by atoms with E-state index in [1.165, 1.54) is 45.1 Å². The number of para-hydroxylation sites is 2. The average molecular weight is 625 g/mol. The third kappa shape index (κ3) is 4.78. The molecule has 0 aromatic heterocycles. The normalized spacial score (nSPS) is 22.5. The molecule has 0 radical (unpaired) electrons. The lowest BCUT2D eigenvalue weighted by Crippen LogP contribution is -3.00. The summed E-state index contributed by atoms with van der Waals surface area (Å²) in [5, 5.41) is 0.924. The summed E-state index contributed by atoms with van der Waals surface area (Å²) in [7, 11) is 4.34. The number of nitrogens with zero attached hydrogens (tertiary/aromatic N) is 2. The predicted molar refractivity (Wildman–Crippen MR) is 155 cm³/mol. The van der Waals surface area contributed by atoms with Crippen LogP contribution in [0.3, 0.4) is 0 Å². The summed E-state index contributed by atoms with van der Waals surface area (Å²) in [6.07, 6.45) is 13.5. The van der Waals surface area contributed by atoms with Crippen LogP contribution in [0.25, 0.3) is 0 Å². The number of hydrogen-bond donors (Lipinski definition) is 0. The highest BCUT2D eigenvalue weighted by Gasteiger charge is 2.42. The molecule has 0 atom stereocenters. The monoisotopic (exact) mass is 624 g/mol. The van der Waals surface area contributed by atoms with Crippen LogP contribution >= 0.6 is 11.6 Å². The molecule has 3 aliphatic rings. The molecule has 0 spiro atoms.